The molecule has 0 bridgehead atoms. The van der Waals surface area contributed by atoms with Crippen molar-refractivity contribution < 1.29 is 0 Å². The van der Waals surface area contributed by atoms with Crippen LogP contribution in [0.5, 0.6) is 0 Å². The van der Waals surface area contributed by atoms with Crippen LogP contribution in [0, 0.1) is 0 Å². The summed E-state index contributed by atoms with van der Waals surface area (Å²) in [5.74, 6) is 1.21. The molecule has 10 heavy (non-hydrogen) atoms. The van der Waals surface area contributed by atoms with Crippen molar-refractivity contribution in [1.82, 2.24) is 4.72 Å². The van der Waals surface area contributed by atoms with Gasteiger partial charge >= 0.3 is 0 Å². The van der Waals surface area contributed by atoms with Gasteiger partial charge in [0.05, 0.1) is 4.87 Å². The monoisotopic (exact) mass is 179 g/mol. The van der Waals surface area contributed by atoms with Gasteiger partial charge in [-0.1, -0.05) is 26.7 Å². The maximum atomic E-state index is 4.08. The molecular formula is C7H17NS2. The van der Waals surface area contributed by atoms with Gasteiger partial charge in [0.25, 0.3) is 0 Å². The topological polar surface area (TPSA) is 12.0 Å². The van der Waals surface area contributed by atoms with Crippen molar-refractivity contribution in [2.24, 2.45) is 0 Å². The second-order valence-electron chi connectivity index (χ2n) is 2.54. The Balaban J connectivity index is 3.58. The number of thiol groups is 1. The smallest absolute Gasteiger partial charge is 0.0704 e. The largest absolute Gasteiger partial charge is 0.251 e. The molecule has 1 unspecified atom stereocenters. The number of nitrogens with one attached hydrogen (secondary N) is 1. The summed E-state index contributed by atoms with van der Waals surface area (Å²) in [4.78, 5) is 0.166. The fourth-order valence-electron chi connectivity index (χ4n) is 0.541. The third-order valence-electron chi connectivity index (χ3n) is 1.54. The molecule has 0 aromatic heterocycles. The molecule has 0 spiro atoms. The van der Waals surface area contributed by atoms with E-state index in [4.69, 9.17) is 0 Å². The number of rotatable bonds is 5. The van der Waals surface area contributed by atoms with Gasteiger partial charge in [-0.15, -0.1) is 11.8 Å². The van der Waals surface area contributed by atoms with Crippen LogP contribution in [-0.4, -0.2) is 10.6 Å². The molecule has 0 fully saturated rings. The van der Waals surface area contributed by atoms with Gasteiger partial charge in [-0.05, 0) is 25.5 Å². The van der Waals surface area contributed by atoms with Gasteiger partial charge in [0.1, 0.15) is 0 Å². The summed E-state index contributed by atoms with van der Waals surface area (Å²) in [5.41, 5.74) is 0. The molecule has 0 saturated heterocycles. The van der Waals surface area contributed by atoms with Gasteiger partial charge in [-0.2, -0.15) is 0 Å². The average Bonchev–Trinajstić information content (AvgIpc) is 2.00. The lowest BCUT2D eigenvalue weighted by molar-refractivity contribution is 0.610. The number of hydrogen-bond donors (Lipinski definition) is 2. The Morgan fingerprint density at radius 3 is 2.40 bits per heavy atom. The van der Waals surface area contributed by atoms with E-state index in [0.717, 1.165) is 6.42 Å². The molecule has 0 amide bonds. The molecule has 0 heterocycles. The van der Waals surface area contributed by atoms with Gasteiger partial charge in [-0.3, -0.25) is 4.72 Å². The van der Waals surface area contributed by atoms with E-state index in [1.54, 1.807) is 0 Å². The van der Waals surface area contributed by atoms with E-state index < -0.39 is 0 Å². The fourth-order valence-corrected chi connectivity index (χ4v) is 1.82. The van der Waals surface area contributed by atoms with Crippen LogP contribution in [0.3, 0.4) is 0 Å². The molecule has 0 aromatic carbocycles. The van der Waals surface area contributed by atoms with Crippen molar-refractivity contribution in [2.75, 3.05) is 5.75 Å². The van der Waals surface area contributed by atoms with Crippen molar-refractivity contribution >= 4 is 24.6 Å². The highest BCUT2D eigenvalue weighted by Gasteiger charge is 2.18. The van der Waals surface area contributed by atoms with E-state index in [1.807, 2.05) is 11.8 Å². The van der Waals surface area contributed by atoms with Crippen LogP contribution < -0.4 is 4.72 Å². The molecule has 0 aromatic rings. The van der Waals surface area contributed by atoms with E-state index in [0.29, 0.717) is 0 Å². The number of thioether (sulfide) groups is 1. The quantitative estimate of drug-likeness (QED) is 0.497. The molecular weight excluding hydrogens is 162 g/mol. The zero-order chi connectivity index (χ0) is 8.04. The molecule has 0 aliphatic carbocycles. The Morgan fingerprint density at radius 2 is 2.10 bits per heavy atom. The van der Waals surface area contributed by atoms with Gasteiger partial charge in [0, 0.05) is 0 Å². The molecule has 0 rings (SSSR count). The average molecular weight is 179 g/mol. The lowest BCUT2D eigenvalue weighted by Gasteiger charge is -2.25. The predicted molar refractivity (Wildman–Crippen MR) is 53.6 cm³/mol. The van der Waals surface area contributed by atoms with E-state index in [9.17, 15) is 0 Å². The minimum absolute atomic E-state index is 0.166. The van der Waals surface area contributed by atoms with Crippen molar-refractivity contribution in [3.8, 4) is 0 Å². The summed E-state index contributed by atoms with van der Waals surface area (Å²) in [6, 6.07) is 0. The van der Waals surface area contributed by atoms with Crippen LogP contribution in [0.15, 0.2) is 0 Å². The van der Waals surface area contributed by atoms with Crippen molar-refractivity contribution in [2.45, 2.75) is 38.5 Å². The summed E-state index contributed by atoms with van der Waals surface area (Å²) in [7, 11) is 0. The van der Waals surface area contributed by atoms with Crippen molar-refractivity contribution in [1.29, 1.82) is 0 Å². The first-order valence-electron chi connectivity index (χ1n) is 3.73. The van der Waals surface area contributed by atoms with E-state index in [-0.39, 0.29) is 4.87 Å². The SMILES string of the molecule is CCCSC(C)(CC)NS. The van der Waals surface area contributed by atoms with E-state index in [1.165, 1.54) is 12.2 Å². The molecule has 1 N–H and O–H groups in total. The molecule has 1 atom stereocenters. The summed E-state index contributed by atoms with van der Waals surface area (Å²) < 4.78 is 3.02. The first-order chi connectivity index (χ1) is 4.68. The minimum atomic E-state index is 0.166. The summed E-state index contributed by atoms with van der Waals surface area (Å²) in [6.45, 7) is 6.55. The molecule has 0 saturated carbocycles. The Kier molecular flexibility index (Phi) is 5.68. The standard InChI is InChI=1S/C7H17NS2/c1-4-6-10-7(3,5-2)8-9/h8-9H,4-6H2,1-3H3. The fraction of sp³-hybridized carbons (Fsp3) is 1.00. The van der Waals surface area contributed by atoms with Crippen LogP contribution in [0.2, 0.25) is 0 Å². The molecule has 3 heteroatoms. The van der Waals surface area contributed by atoms with Crippen LogP contribution in [-0.2, 0) is 0 Å². The third kappa shape index (κ3) is 3.74. The number of hydrogen-bond acceptors (Lipinski definition) is 3. The highest BCUT2D eigenvalue weighted by atomic mass is 32.2. The zero-order valence-electron chi connectivity index (χ0n) is 6.98. The normalized spacial score (nSPS) is 16.8. The van der Waals surface area contributed by atoms with Gasteiger partial charge < -0.3 is 0 Å². The van der Waals surface area contributed by atoms with Crippen molar-refractivity contribution in [3.05, 3.63) is 0 Å². The maximum absolute atomic E-state index is 4.08. The summed E-state index contributed by atoms with van der Waals surface area (Å²) >= 11 is 6.02. The van der Waals surface area contributed by atoms with Crippen molar-refractivity contribution in [3.63, 3.8) is 0 Å². The highest BCUT2D eigenvalue weighted by Crippen LogP contribution is 2.26. The first-order valence-corrected chi connectivity index (χ1v) is 5.17. The third-order valence-corrected chi connectivity index (χ3v) is 3.82. The minimum Gasteiger partial charge on any atom is -0.251 e. The van der Waals surface area contributed by atoms with E-state index in [2.05, 4.69) is 38.3 Å². The zero-order valence-corrected chi connectivity index (χ0v) is 8.69. The Morgan fingerprint density at radius 1 is 1.50 bits per heavy atom. The highest BCUT2D eigenvalue weighted by molar-refractivity contribution is 8.01. The second kappa shape index (κ2) is 5.33. The predicted octanol–water partition coefficient (Wildman–Crippen LogP) is 2.69. The summed E-state index contributed by atoms with van der Waals surface area (Å²) in [5, 5.41) is 0. The Hall–Kier alpha value is 0.660. The van der Waals surface area contributed by atoms with Crippen LogP contribution in [0.4, 0.5) is 0 Å². The molecule has 0 radical (unpaired) electrons. The molecule has 62 valence electrons. The summed E-state index contributed by atoms with van der Waals surface area (Å²) in [6.07, 6.45) is 2.34. The first kappa shape index (κ1) is 10.7. The lowest BCUT2D eigenvalue weighted by Crippen LogP contribution is -2.31. The molecule has 0 aliphatic heterocycles. The van der Waals surface area contributed by atoms with E-state index >= 15 is 0 Å². The van der Waals surface area contributed by atoms with Crippen LogP contribution >= 0.6 is 24.6 Å². The Labute approximate surface area is 73.9 Å². The Bertz CT molecular complexity index is 81.7. The maximum Gasteiger partial charge on any atom is 0.0704 e. The molecule has 1 nitrogen and oxygen atoms in total. The van der Waals surface area contributed by atoms with Crippen LogP contribution in [0.25, 0.3) is 0 Å². The van der Waals surface area contributed by atoms with Gasteiger partial charge in [0.15, 0.2) is 0 Å². The van der Waals surface area contributed by atoms with Crippen LogP contribution in [0.1, 0.15) is 33.6 Å². The van der Waals surface area contributed by atoms with Gasteiger partial charge in [0.2, 0.25) is 0 Å². The molecule has 0 aliphatic rings. The van der Waals surface area contributed by atoms with Gasteiger partial charge in [-0.25, -0.2) is 0 Å². The second-order valence-corrected chi connectivity index (χ2v) is 4.37. The lowest BCUT2D eigenvalue weighted by atomic mass is 10.3.